The standard InChI is InChI=1S/C18H15ClN2OS2/c19-13-6-8-14(9-7-13)20-17(22)15-11-24-16(21(15)18(20)23)10-12-4-2-1-3-5-12/h1-9,15-16H,10-11H2. The molecule has 122 valence electrons. The van der Waals surface area contributed by atoms with Crippen LogP contribution >= 0.6 is 35.6 Å². The van der Waals surface area contributed by atoms with Gasteiger partial charge >= 0.3 is 0 Å². The van der Waals surface area contributed by atoms with Crippen LogP contribution in [0.3, 0.4) is 0 Å². The molecule has 4 rings (SSSR count). The molecule has 3 nitrogen and oxygen atoms in total. The monoisotopic (exact) mass is 374 g/mol. The Morgan fingerprint density at radius 2 is 1.83 bits per heavy atom. The van der Waals surface area contributed by atoms with E-state index in [1.807, 2.05) is 30.3 Å². The molecule has 2 aromatic rings. The van der Waals surface area contributed by atoms with E-state index in [-0.39, 0.29) is 17.3 Å². The summed E-state index contributed by atoms with van der Waals surface area (Å²) in [6.07, 6.45) is 0.879. The summed E-state index contributed by atoms with van der Waals surface area (Å²) >= 11 is 13.4. The van der Waals surface area contributed by atoms with E-state index in [4.69, 9.17) is 23.8 Å². The molecular weight excluding hydrogens is 360 g/mol. The quantitative estimate of drug-likeness (QED) is 0.759. The summed E-state index contributed by atoms with van der Waals surface area (Å²) in [7, 11) is 0. The molecular formula is C18H15ClN2OS2. The molecule has 0 spiro atoms. The molecule has 2 saturated heterocycles. The predicted molar refractivity (Wildman–Crippen MR) is 104 cm³/mol. The Bertz CT molecular complexity index is 781. The van der Waals surface area contributed by atoms with Crippen molar-refractivity contribution < 1.29 is 4.79 Å². The van der Waals surface area contributed by atoms with E-state index in [0.717, 1.165) is 17.9 Å². The Labute approximate surface area is 155 Å². The van der Waals surface area contributed by atoms with Gasteiger partial charge in [0.25, 0.3) is 5.91 Å². The van der Waals surface area contributed by atoms with E-state index in [2.05, 4.69) is 17.0 Å². The SMILES string of the molecule is O=C1C2CSC(Cc3ccccc3)N2C(=S)N1c1ccc(Cl)cc1. The number of hydrogen-bond acceptors (Lipinski definition) is 3. The lowest BCUT2D eigenvalue weighted by Gasteiger charge is -2.25. The number of hydrogen-bond donors (Lipinski definition) is 0. The molecule has 1 amide bonds. The van der Waals surface area contributed by atoms with E-state index >= 15 is 0 Å². The van der Waals surface area contributed by atoms with Crippen LogP contribution in [0.25, 0.3) is 0 Å². The maximum atomic E-state index is 12.8. The van der Waals surface area contributed by atoms with Gasteiger partial charge in [-0.25, -0.2) is 0 Å². The first-order valence-corrected chi connectivity index (χ1v) is 9.56. The highest BCUT2D eigenvalue weighted by molar-refractivity contribution is 8.00. The first-order chi connectivity index (χ1) is 11.6. The minimum absolute atomic E-state index is 0.0605. The number of carbonyl (C=O) groups excluding carboxylic acids is 1. The van der Waals surface area contributed by atoms with E-state index < -0.39 is 0 Å². The van der Waals surface area contributed by atoms with E-state index in [1.54, 1.807) is 28.8 Å². The molecule has 0 N–H and O–H groups in total. The van der Waals surface area contributed by atoms with Gasteiger partial charge in [0.1, 0.15) is 6.04 Å². The topological polar surface area (TPSA) is 23.6 Å². The summed E-state index contributed by atoms with van der Waals surface area (Å²) in [5.74, 6) is 0.839. The summed E-state index contributed by atoms with van der Waals surface area (Å²) < 4.78 is 0. The average molecular weight is 375 g/mol. The summed E-state index contributed by atoms with van der Waals surface area (Å²) in [5.41, 5.74) is 2.04. The van der Waals surface area contributed by atoms with Gasteiger partial charge in [-0.2, -0.15) is 0 Å². The largest absolute Gasteiger partial charge is 0.323 e. The Balaban J connectivity index is 1.59. The molecule has 2 heterocycles. The van der Waals surface area contributed by atoms with Gasteiger partial charge in [0.15, 0.2) is 5.11 Å². The van der Waals surface area contributed by atoms with Crippen molar-refractivity contribution in [2.45, 2.75) is 17.8 Å². The normalized spacial score (nSPS) is 23.0. The smallest absolute Gasteiger partial charge is 0.257 e. The van der Waals surface area contributed by atoms with Gasteiger partial charge < -0.3 is 4.90 Å². The molecule has 0 aromatic heterocycles. The molecule has 6 heteroatoms. The molecule has 2 aliphatic heterocycles. The lowest BCUT2D eigenvalue weighted by atomic mass is 10.1. The molecule has 2 unspecified atom stereocenters. The number of rotatable bonds is 3. The highest BCUT2D eigenvalue weighted by Gasteiger charge is 2.50. The van der Waals surface area contributed by atoms with Crippen molar-refractivity contribution in [2.75, 3.05) is 10.7 Å². The Kier molecular flexibility index (Phi) is 4.24. The highest BCUT2D eigenvalue weighted by Crippen LogP contribution is 2.39. The van der Waals surface area contributed by atoms with Crippen molar-refractivity contribution >= 4 is 52.3 Å². The fourth-order valence-corrected chi connectivity index (χ4v) is 5.24. The zero-order valence-corrected chi connectivity index (χ0v) is 15.2. The third-order valence-corrected chi connectivity index (χ3v) is 6.28. The van der Waals surface area contributed by atoms with Crippen LogP contribution in [0.15, 0.2) is 54.6 Å². The van der Waals surface area contributed by atoms with Gasteiger partial charge in [-0.05, 0) is 42.0 Å². The third kappa shape index (κ3) is 2.70. The van der Waals surface area contributed by atoms with Crippen LogP contribution < -0.4 is 4.90 Å². The van der Waals surface area contributed by atoms with Crippen LogP contribution in [0.5, 0.6) is 0 Å². The fourth-order valence-electron chi connectivity index (χ4n) is 3.17. The zero-order valence-electron chi connectivity index (χ0n) is 12.8. The van der Waals surface area contributed by atoms with Crippen LogP contribution in [0.4, 0.5) is 5.69 Å². The lowest BCUT2D eigenvalue weighted by Crippen LogP contribution is -2.38. The van der Waals surface area contributed by atoms with Crippen LogP contribution in [-0.4, -0.2) is 33.1 Å². The first kappa shape index (κ1) is 15.9. The van der Waals surface area contributed by atoms with Crippen molar-refractivity contribution in [3.8, 4) is 0 Å². The molecule has 24 heavy (non-hydrogen) atoms. The van der Waals surface area contributed by atoms with E-state index in [0.29, 0.717) is 10.1 Å². The third-order valence-electron chi connectivity index (χ3n) is 4.35. The number of carbonyl (C=O) groups is 1. The van der Waals surface area contributed by atoms with Crippen LogP contribution in [-0.2, 0) is 11.2 Å². The first-order valence-electron chi connectivity index (χ1n) is 7.72. The second kappa shape index (κ2) is 6.39. The summed E-state index contributed by atoms with van der Waals surface area (Å²) in [4.78, 5) is 16.6. The van der Waals surface area contributed by atoms with Crippen LogP contribution in [0.2, 0.25) is 5.02 Å². The molecule has 0 aliphatic carbocycles. The summed E-state index contributed by atoms with van der Waals surface area (Å²) in [6.45, 7) is 0. The number of benzene rings is 2. The maximum Gasteiger partial charge on any atom is 0.257 e. The number of thioether (sulfide) groups is 1. The summed E-state index contributed by atoms with van der Waals surface area (Å²) in [6, 6.07) is 17.4. The fraction of sp³-hybridized carbons (Fsp3) is 0.222. The molecule has 0 saturated carbocycles. The van der Waals surface area contributed by atoms with Crippen molar-refractivity contribution in [3.63, 3.8) is 0 Å². The van der Waals surface area contributed by atoms with Gasteiger partial charge in [0, 0.05) is 17.2 Å². The Morgan fingerprint density at radius 3 is 2.54 bits per heavy atom. The Morgan fingerprint density at radius 1 is 1.12 bits per heavy atom. The van der Waals surface area contributed by atoms with Gasteiger partial charge in [0.05, 0.1) is 11.1 Å². The minimum Gasteiger partial charge on any atom is -0.323 e. The maximum absolute atomic E-state index is 12.8. The minimum atomic E-state index is -0.160. The van der Waals surface area contributed by atoms with Gasteiger partial charge in [-0.1, -0.05) is 41.9 Å². The molecule has 2 fully saturated rings. The average Bonchev–Trinajstić information content (AvgIpc) is 3.11. The van der Waals surface area contributed by atoms with Crippen molar-refractivity contribution in [3.05, 3.63) is 65.2 Å². The number of fused-ring (bicyclic) bond motifs is 1. The second-order valence-electron chi connectivity index (χ2n) is 5.83. The van der Waals surface area contributed by atoms with Gasteiger partial charge in [-0.15, -0.1) is 11.8 Å². The van der Waals surface area contributed by atoms with Gasteiger partial charge in [0.2, 0.25) is 0 Å². The number of nitrogens with zero attached hydrogens (tertiary/aromatic N) is 2. The lowest BCUT2D eigenvalue weighted by molar-refractivity contribution is -0.119. The number of halogens is 1. The van der Waals surface area contributed by atoms with Crippen molar-refractivity contribution in [2.24, 2.45) is 0 Å². The van der Waals surface area contributed by atoms with Crippen LogP contribution in [0.1, 0.15) is 5.56 Å². The van der Waals surface area contributed by atoms with Gasteiger partial charge in [-0.3, -0.25) is 9.69 Å². The molecule has 2 atom stereocenters. The summed E-state index contributed by atoms with van der Waals surface area (Å²) in [5, 5.41) is 1.44. The highest BCUT2D eigenvalue weighted by atomic mass is 35.5. The number of amides is 1. The second-order valence-corrected chi connectivity index (χ2v) is 7.85. The van der Waals surface area contributed by atoms with Crippen molar-refractivity contribution in [1.82, 2.24) is 4.90 Å². The molecule has 0 radical (unpaired) electrons. The Hall–Kier alpha value is -1.56. The van der Waals surface area contributed by atoms with Crippen LogP contribution in [0, 0.1) is 0 Å². The molecule has 2 aromatic carbocycles. The number of anilines is 1. The van der Waals surface area contributed by atoms with Crippen molar-refractivity contribution in [1.29, 1.82) is 0 Å². The zero-order chi connectivity index (χ0) is 16.7. The molecule has 2 aliphatic rings. The number of thiocarbonyl (C=S) groups is 1. The predicted octanol–water partition coefficient (Wildman–Crippen LogP) is 3.96. The molecule has 0 bridgehead atoms. The van der Waals surface area contributed by atoms with E-state index in [9.17, 15) is 4.79 Å². The van der Waals surface area contributed by atoms with E-state index in [1.165, 1.54) is 5.56 Å².